The van der Waals surface area contributed by atoms with E-state index in [1.54, 1.807) is 24.5 Å². The summed E-state index contributed by atoms with van der Waals surface area (Å²) in [6.45, 7) is -5.80. The van der Waals surface area contributed by atoms with Crippen LogP contribution in [-0.2, 0) is 4.74 Å². The van der Waals surface area contributed by atoms with Gasteiger partial charge in [-0.1, -0.05) is 0 Å². The lowest BCUT2D eigenvalue weighted by atomic mass is 10.1. The second kappa shape index (κ2) is 8.61. The first-order chi connectivity index (χ1) is 12.9. The summed E-state index contributed by atoms with van der Waals surface area (Å²) in [5, 5.41) is 8.02. The fourth-order valence-electron chi connectivity index (χ4n) is 2.51. The molecule has 11 heteroatoms. The molecule has 27 heavy (non-hydrogen) atoms. The summed E-state index contributed by atoms with van der Waals surface area (Å²) in [4.78, 5) is 4.29. The molecule has 0 aliphatic carbocycles. The molecule has 144 valence electrons. The van der Waals surface area contributed by atoms with E-state index in [-0.39, 0.29) is 13.0 Å². The van der Waals surface area contributed by atoms with Crippen LogP contribution in [0.15, 0.2) is 47.5 Å². The second-order valence-electron chi connectivity index (χ2n) is 5.50. The summed E-state index contributed by atoms with van der Waals surface area (Å²) in [7, 11) is 0. The van der Waals surface area contributed by atoms with Gasteiger partial charge >= 0.3 is 13.2 Å². The predicted molar refractivity (Wildman–Crippen MR) is 91.4 cm³/mol. The molecule has 0 radical (unpaired) electrons. The molecule has 6 nitrogen and oxygen atoms in total. The lowest BCUT2D eigenvalue weighted by Crippen LogP contribution is -2.16. The van der Waals surface area contributed by atoms with E-state index in [9.17, 15) is 17.6 Å². The van der Waals surface area contributed by atoms with Gasteiger partial charge in [-0.15, -0.1) is 0 Å². The van der Waals surface area contributed by atoms with E-state index in [2.05, 4.69) is 35.8 Å². The number of hydrogen-bond donors (Lipinski definition) is 0. The number of aromatic nitrogens is 5. The third-order valence-corrected chi connectivity index (χ3v) is 4.22. The molecule has 3 aromatic rings. The fraction of sp³-hybridized carbons (Fsp3) is 0.312. The van der Waals surface area contributed by atoms with E-state index in [1.807, 2.05) is 0 Å². The largest absolute Gasteiger partial charge is 0.345 e. The fourth-order valence-corrected chi connectivity index (χ4v) is 2.74. The molecule has 3 aromatic heterocycles. The van der Waals surface area contributed by atoms with Crippen molar-refractivity contribution >= 4 is 15.9 Å². The normalized spacial score (nSPS) is 12.9. The van der Waals surface area contributed by atoms with E-state index < -0.39 is 19.2 Å². The number of hydrogen-bond acceptors (Lipinski definition) is 4. The van der Waals surface area contributed by atoms with Gasteiger partial charge in [0.25, 0.3) is 0 Å². The molecule has 0 aliphatic rings. The highest BCUT2D eigenvalue weighted by Gasteiger charge is 2.19. The van der Waals surface area contributed by atoms with E-state index in [0.29, 0.717) is 21.6 Å². The summed E-state index contributed by atoms with van der Waals surface area (Å²) in [5.41, 5.74) is 1.45. The third kappa shape index (κ3) is 4.92. The number of nitrogens with zero attached hydrogens (tertiary/aromatic N) is 5. The maximum atomic E-state index is 12.7. The van der Waals surface area contributed by atoms with Crippen LogP contribution >= 0.6 is 15.9 Å². The minimum absolute atomic E-state index is 0.199. The first-order valence-electron chi connectivity index (χ1n) is 7.83. The zero-order chi connectivity index (χ0) is 19.4. The molecule has 0 spiro atoms. The van der Waals surface area contributed by atoms with Crippen LogP contribution in [0.3, 0.4) is 0 Å². The molecule has 1 atom stereocenters. The van der Waals surface area contributed by atoms with Crippen molar-refractivity contribution < 1.29 is 22.3 Å². The van der Waals surface area contributed by atoms with Gasteiger partial charge in [0.05, 0.1) is 30.2 Å². The predicted octanol–water partition coefficient (Wildman–Crippen LogP) is 4.52. The first-order valence-corrected chi connectivity index (χ1v) is 8.62. The van der Waals surface area contributed by atoms with Crippen LogP contribution < -0.4 is 0 Å². The lowest BCUT2D eigenvalue weighted by Gasteiger charge is -2.17. The van der Waals surface area contributed by atoms with Gasteiger partial charge in [0.2, 0.25) is 0 Å². The van der Waals surface area contributed by atoms with Crippen molar-refractivity contribution in [3.63, 3.8) is 0 Å². The average molecular weight is 448 g/mol. The molecular formula is C16H14BrF4N5O. The molecule has 3 heterocycles. The van der Waals surface area contributed by atoms with Crippen LogP contribution in [0.5, 0.6) is 0 Å². The van der Waals surface area contributed by atoms with E-state index in [1.165, 1.54) is 23.1 Å². The highest BCUT2D eigenvalue weighted by atomic mass is 79.9. The summed E-state index contributed by atoms with van der Waals surface area (Å²) >= 11 is 3.29. The molecular weight excluding hydrogens is 434 g/mol. The summed E-state index contributed by atoms with van der Waals surface area (Å²) in [6, 6.07) is 4.49. The Balaban J connectivity index is 1.85. The lowest BCUT2D eigenvalue weighted by molar-refractivity contribution is -0.130. The Labute approximate surface area is 159 Å². The molecule has 0 saturated heterocycles. The molecule has 0 fully saturated rings. The van der Waals surface area contributed by atoms with Gasteiger partial charge in [-0.2, -0.15) is 27.8 Å². The standard InChI is InChI=1S/C16H14BrF4N5O/c17-11-1-2-13(22-8-11)14(4-6-27-16(20)21)26-9-10(7-23-26)12-3-5-25(24-12)15(18)19/h1-3,5,7-9,14-16H,4,6H2. The molecule has 0 bridgehead atoms. The minimum atomic E-state index is -2.87. The molecule has 3 rings (SSSR count). The van der Waals surface area contributed by atoms with Crippen LogP contribution in [-0.4, -0.2) is 37.8 Å². The van der Waals surface area contributed by atoms with Gasteiger partial charge in [0, 0.05) is 28.6 Å². The smallest absolute Gasteiger partial charge is 0.323 e. The molecule has 0 amide bonds. The van der Waals surface area contributed by atoms with Gasteiger partial charge in [0.15, 0.2) is 0 Å². The number of halogens is 5. The topological polar surface area (TPSA) is 57.8 Å². The Kier molecular flexibility index (Phi) is 6.22. The van der Waals surface area contributed by atoms with Crippen molar-refractivity contribution in [2.45, 2.75) is 25.6 Å². The van der Waals surface area contributed by atoms with Crippen LogP contribution in [0.2, 0.25) is 0 Å². The third-order valence-electron chi connectivity index (χ3n) is 3.75. The van der Waals surface area contributed by atoms with E-state index in [0.717, 1.165) is 4.47 Å². The zero-order valence-electron chi connectivity index (χ0n) is 13.7. The van der Waals surface area contributed by atoms with Crippen LogP contribution in [0.1, 0.15) is 24.7 Å². The Morgan fingerprint density at radius 1 is 1.07 bits per heavy atom. The number of alkyl halides is 4. The SMILES string of the molecule is FC(F)OCCC(c1ccc(Br)cn1)n1cc(-c2ccn(C(F)F)n2)cn1. The highest BCUT2D eigenvalue weighted by molar-refractivity contribution is 9.10. The summed E-state index contributed by atoms with van der Waals surface area (Å²) in [5.74, 6) is 0. The Bertz CT molecular complexity index is 868. The van der Waals surface area contributed by atoms with Gasteiger partial charge in [-0.3, -0.25) is 9.67 Å². The maximum absolute atomic E-state index is 12.7. The molecule has 1 unspecified atom stereocenters. The Morgan fingerprint density at radius 2 is 1.89 bits per heavy atom. The second-order valence-corrected chi connectivity index (χ2v) is 6.42. The summed E-state index contributed by atoms with van der Waals surface area (Å²) < 4.78 is 57.1. The van der Waals surface area contributed by atoms with Crippen molar-refractivity contribution in [3.05, 3.63) is 53.2 Å². The average Bonchev–Trinajstić information content (AvgIpc) is 3.29. The monoisotopic (exact) mass is 447 g/mol. The molecule has 0 saturated carbocycles. The molecule has 0 N–H and O–H groups in total. The van der Waals surface area contributed by atoms with Crippen molar-refractivity contribution in [1.82, 2.24) is 24.5 Å². The molecule has 0 aromatic carbocycles. The Hall–Kier alpha value is -2.27. The number of rotatable bonds is 8. The maximum Gasteiger partial charge on any atom is 0.345 e. The van der Waals surface area contributed by atoms with Gasteiger partial charge in [-0.25, -0.2) is 4.68 Å². The zero-order valence-corrected chi connectivity index (χ0v) is 15.3. The number of ether oxygens (including phenoxy) is 1. The van der Waals surface area contributed by atoms with E-state index in [4.69, 9.17) is 0 Å². The van der Waals surface area contributed by atoms with Gasteiger partial charge in [0.1, 0.15) is 0 Å². The number of pyridine rings is 1. The van der Waals surface area contributed by atoms with Crippen molar-refractivity contribution in [2.75, 3.05) is 6.61 Å². The van der Waals surface area contributed by atoms with Crippen molar-refractivity contribution in [1.29, 1.82) is 0 Å². The van der Waals surface area contributed by atoms with Crippen LogP contribution in [0, 0.1) is 0 Å². The van der Waals surface area contributed by atoms with Crippen molar-refractivity contribution in [2.24, 2.45) is 0 Å². The Morgan fingerprint density at radius 3 is 2.52 bits per heavy atom. The first kappa shape index (κ1) is 19.5. The van der Waals surface area contributed by atoms with Crippen molar-refractivity contribution in [3.8, 4) is 11.3 Å². The van der Waals surface area contributed by atoms with Gasteiger partial charge in [-0.05, 0) is 40.5 Å². The van der Waals surface area contributed by atoms with Gasteiger partial charge < -0.3 is 4.74 Å². The minimum Gasteiger partial charge on any atom is -0.323 e. The quantitative estimate of drug-likeness (QED) is 0.476. The molecule has 0 aliphatic heterocycles. The van der Waals surface area contributed by atoms with Crippen LogP contribution in [0.25, 0.3) is 11.3 Å². The highest BCUT2D eigenvalue weighted by Crippen LogP contribution is 2.25. The summed E-state index contributed by atoms with van der Waals surface area (Å²) in [6.07, 6.45) is 6.03. The van der Waals surface area contributed by atoms with E-state index >= 15 is 0 Å². The van der Waals surface area contributed by atoms with Crippen LogP contribution in [0.4, 0.5) is 17.6 Å².